The minimum atomic E-state index is 0.0611. The summed E-state index contributed by atoms with van der Waals surface area (Å²) in [5.74, 6) is 1.46. The predicted molar refractivity (Wildman–Crippen MR) is 79.6 cm³/mol. The third-order valence-electron chi connectivity index (χ3n) is 3.15. The normalized spacial score (nSPS) is 14.7. The Hall–Kier alpha value is -3.12. The van der Waals surface area contributed by atoms with Gasteiger partial charge in [-0.1, -0.05) is 0 Å². The second kappa shape index (κ2) is 6.76. The number of allylic oxidation sites excluding steroid dienone is 1. The van der Waals surface area contributed by atoms with Gasteiger partial charge >= 0.3 is 0 Å². The lowest BCUT2D eigenvalue weighted by Gasteiger charge is -2.27. The number of aromatic amines is 1. The van der Waals surface area contributed by atoms with Crippen LogP contribution in [0.25, 0.3) is 5.57 Å². The first-order chi connectivity index (χ1) is 11.3. The van der Waals surface area contributed by atoms with Crippen molar-refractivity contribution in [2.75, 3.05) is 25.6 Å². The van der Waals surface area contributed by atoms with Crippen molar-refractivity contribution in [1.82, 2.24) is 20.6 Å². The standard InChI is InChI=1S/C14H14N6O3/c1-21-13-4-10(2-3-12(13)23-11-7-22-8-11)16-6-9(5-15)14-17-19-20-18-14/h2-4,6,11,16H,7-8H2,1H3,(H,17,18,19,20). The van der Waals surface area contributed by atoms with Crippen LogP contribution >= 0.6 is 0 Å². The van der Waals surface area contributed by atoms with Crippen LogP contribution in [-0.2, 0) is 4.74 Å². The van der Waals surface area contributed by atoms with Gasteiger partial charge in [-0.25, -0.2) is 0 Å². The molecule has 0 atom stereocenters. The molecule has 1 saturated heterocycles. The molecule has 1 aromatic carbocycles. The van der Waals surface area contributed by atoms with Crippen LogP contribution in [0.5, 0.6) is 11.5 Å². The molecule has 1 aromatic heterocycles. The summed E-state index contributed by atoms with van der Waals surface area (Å²) in [6, 6.07) is 7.39. The molecule has 9 heteroatoms. The van der Waals surface area contributed by atoms with Gasteiger partial charge < -0.3 is 19.5 Å². The van der Waals surface area contributed by atoms with Gasteiger partial charge in [-0.15, -0.1) is 10.2 Å². The van der Waals surface area contributed by atoms with E-state index in [0.717, 1.165) is 5.69 Å². The van der Waals surface area contributed by atoms with Gasteiger partial charge in [0.05, 0.1) is 20.3 Å². The number of ether oxygens (including phenoxy) is 3. The van der Waals surface area contributed by atoms with Gasteiger partial charge in [-0.3, -0.25) is 0 Å². The number of nitrogens with zero attached hydrogens (tertiary/aromatic N) is 4. The van der Waals surface area contributed by atoms with Gasteiger partial charge in [0.15, 0.2) is 11.5 Å². The summed E-state index contributed by atoms with van der Waals surface area (Å²) < 4.78 is 16.2. The average Bonchev–Trinajstić information content (AvgIpc) is 3.06. The maximum Gasteiger partial charge on any atom is 0.216 e. The van der Waals surface area contributed by atoms with E-state index in [-0.39, 0.29) is 17.5 Å². The van der Waals surface area contributed by atoms with Crippen molar-refractivity contribution < 1.29 is 14.2 Å². The zero-order chi connectivity index (χ0) is 16.1. The Morgan fingerprint density at radius 3 is 2.96 bits per heavy atom. The predicted octanol–water partition coefficient (Wildman–Crippen LogP) is 0.962. The Balaban J connectivity index is 1.74. The van der Waals surface area contributed by atoms with E-state index in [1.165, 1.54) is 6.20 Å². The molecule has 1 aliphatic rings. The van der Waals surface area contributed by atoms with Crippen molar-refractivity contribution >= 4 is 11.3 Å². The third kappa shape index (κ3) is 3.38. The van der Waals surface area contributed by atoms with Crippen molar-refractivity contribution in [3.05, 3.63) is 30.2 Å². The SMILES string of the molecule is COc1cc(NC=C(C#N)c2nn[nH]n2)ccc1OC1COC1. The Morgan fingerprint density at radius 1 is 1.48 bits per heavy atom. The lowest BCUT2D eigenvalue weighted by molar-refractivity contribution is -0.0803. The van der Waals surface area contributed by atoms with E-state index in [2.05, 4.69) is 25.9 Å². The van der Waals surface area contributed by atoms with Gasteiger partial charge in [0, 0.05) is 18.0 Å². The van der Waals surface area contributed by atoms with Crippen LogP contribution in [0.2, 0.25) is 0 Å². The average molecular weight is 314 g/mol. The van der Waals surface area contributed by atoms with Crippen molar-refractivity contribution in [3.8, 4) is 17.6 Å². The second-order valence-electron chi connectivity index (χ2n) is 4.69. The molecule has 3 rings (SSSR count). The lowest BCUT2D eigenvalue weighted by atomic mass is 10.2. The second-order valence-corrected chi connectivity index (χ2v) is 4.69. The van der Waals surface area contributed by atoms with E-state index in [0.29, 0.717) is 24.7 Å². The fourth-order valence-electron chi connectivity index (χ4n) is 1.89. The van der Waals surface area contributed by atoms with E-state index in [4.69, 9.17) is 19.5 Å². The molecule has 1 aliphatic heterocycles. The van der Waals surface area contributed by atoms with Gasteiger partial charge in [0.2, 0.25) is 5.82 Å². The topological polar surface area (TPSA) is 118 Å². The summed E-state index contributed by atoms with van der Waals surface area (Å²) in [6.45, 7) is 1.17. The number of rotatable bonds is 6. The van der Waals surface area contributed by atoms with Crippen LogP contribution in [-0.4, -0.2) is 47.1 Å². The summed E-state index contributed by atoms with van der Waals surface area (Å²) in [5.41, 5.74) is 0.986. The summed E-state index contributed by atoms with van der Waals surface area (Å²) in [7, 11) is 1.57. The molecule has 2 heterocycles. The molecule has 0 radical (unpaired) electrons. The largest absolute Gasteiger partial charge is 0.493 e. The molecule has 9 nitrogen and oxygen atoms in total. The minimum absolute atomic E-state index is 0.0611. The first-order valence-corrected chi connectivity index (χ1v) is 6.83. The zero-order valence-electron chi connectivity index (χ0n) is 12.3. The number of hydrogen-bond acceptors (Lipinski definition) is 8. The number of anilines is 1. The molecule has 118 valence electrons. The molecule has 1 fully saturated rings. The molecule has 0 unspecified atom stereocenters. The molecular weight excluding hydrogens is 300 g/mol. The van der Waals surface area contributed by atoms with Crippen LogP contribution in [0.1, 0.15) is 5.82 Å². The molecule has 2 aromatic rings. The Kier molecular flexibility index (Phi) is 4.35. The van der Waals surface area contributed by atoms with E-state index >= 15 is 0 Å². The van der Waals surface area contributed by atoms with Crippen LogP contribution in [0.15, 0.2) is 24.4 Å². The highest BCUT2D eigenvalue weighted by Crippen LogP contribution is 2.32. The zero-order valence-corrected chi connectivity index (χ0v) is 12.3. The molecule has 0 aliphatic carbocycles. The number of benzene rings is 1. The fraction of sp³-hybridized carbons (Fsp3) is 0.286. The summed E-state index contributed by atoms with van der Waals surface area (Å²) in [6.07, 6.45) is 1.56. The number of nitrogens with one attached hydrogen (secondary N) is 2. The maximum absolute atomic E-state index is 9.12. The lowest BCUT2D eigenvalue weighted by Crippen LogP contribution is -2.38. The first kappa shape index (κ1) is 14.8. The number of H-pyrrole nitrogens is 1. The minimum Gasteiger partial charge on any atom is -0.493 e. The molecule has 0 saturated carbocycles. The maximum atomic E-state index is 9.12. The van der Waals surface area contributed by atoms with Crippen LogP contribution in [0.4, 0.5) is 5.69 Å². The summed E-state index contributed by atoms with van der Waals surface area (Å²) in [4.78, 5) is 0. The highest BCUT2D eigenvalue weighted by molar-refractivity contribution is 5.74. The molecule has 0 bridgehead atoms. The van der Waals surface area contributed by atoms with Crippen LogP contribution in [0.3, 0.4) is 0 Å². The van der Waals surface area contributed by atoms with Crippen molar-refractivity contribution in [2.24, 2.45) is 0 Å². The van der Waals surface area contributed by atoms with Gasteiger partial charge in [-0.2, -0.15) is 10.5 Å². The number of methoxy groups -OCH3 is 1. The number of aromatic nitrogens is 4. The number of nitriles is 1. The number of tetrazole rings is 1. The first-order valence-electron chi connectivity index (χ1n) is 6.83. The summed E-state index contributed by atoms with van der Waals surface area (Å²) in [5, 5.41) is 25.4. The highest BCUT2D eigenvalue weighted by atomic mass is 16.6. The summed E-state index contributed by atoms with van der Waals surface area (Å²) >= 11 is 0. The van der Waals surface area contributed by atoms with Crippen LogP contribution < -0.4 is 14.8 Å². The van der Waals surface area contributed by atoms with Crippen molar-refractivity contribution in [1.29, 1.82) is 5.26 Å². The van der Waals surface area contributed by atoms with E-state index < -0.39 is 0 Å². The van der Waals surface area contributed by atoms with E-state index in [9.17, 15) is 0 Å². The van der Waals surface area contributed by atoms with Gasteiger partial charge in [0.25, 0.3) is 0 Å². The molecular formula is C14H14N6O3. The molecule has 2 N–H and O–H groups in total. The van der Waals surface area contributed by atoms with Crippen LogP contribution in [0, 0.1) is 11.3 Å². The smallest absolute Gasteiger partial charge is 0.216 e. The Bertz CT molecular complexity index is 733. The van der Waals surface area contributed by atoms with Gasteiger partial charge in [0.1, 0.15) is 17.7 Å². The van der Waals surface area contributed by atoms with Crippen molar-refractivity contribution in [3.63, 3.8) is 0 Å². The number of hydrogen-bond donors (Lipinski definition) is 2. The Labute approximate surface area is 131 Å². The van der Waals surface area contributed by atoms with E-state index in [1.54, 1.807) is 19.2 Å². The quantitative estimate of drug-likeness (QED) is 0.757. The molecule has 0 amide bonds. The van der Waals surface area contributed by atoms with E-state index in [1.807, 2.05) is 12.1 Å². The van der Waals surface area contributed by atoms with Crippen molar-refractivity contribution in [2.45, 2.75) is 6.10 Å². The highest BCUT2D eigenvalue weighted by Gasteiger charge is 2.21. The fourth-order valence-corrected chi connectivity index (χ4v) is 1.89. The van der Waals surface area contributed by atoms with Gasteiger partial charge in [-0.05, 0) is 17.3 Å². The Morgan fingerprint density at radius 2 is 2.35 bits per heavy atom. The monoisotopic (exact) mass is 314 g/mol. The molecule has 23 heavy (non-hydrogen) atoms. The molecule has 0 spiro atoms. The third-order valence-corrected chi connectivity index (χ3v) is 3.15.